The van der Waals surface area contributed by atoms with Gasteiger partial charge in [-0.1, -0.05) is 6.07 Å². The number of ether oxygens (including phenoxy) is 1. The number of aromatic nitrogens is 2. The zero-order valence-electron chi connectivity index (χ0n) is 16.8. The second kappa shape index (κ2) is 7.75. The van der Waals surface area contributed by atoms with Gasteiger partial charge in [0.15, 0.2) is 0 Å². The van der Waals surface area contributed by atoms with Gasteiger partial charge in [0, 0.05) is 31.1 Å². The molecule has 0 atom stereocenters. The lowest BCUT2D eigenvalue weighted by atomic mass is 9.96. The van der Waals surface area contributed by atoms with Crippen molar-refractivity contribution in [1.29, 1.82) is 0 Å². The number of fused-ring (bicyclic) bond motifs is 1. The van der Waals surface area contributed by atoms with Crippen LogP contribution in [-0.2, 0) is 4.79 Å². The number of piperidine rings is 1. The van der Waals surface area contributed by atoms with E-state index < -0.39 is 0 Å². The number of methoxy groups -OCH3 is 1. The number of benzene rings is 1. The van der Waals surface area contributed by atoms with Gasteiger partial charge >= 0.3 is 0 Å². The standard InChI is InChI=1S/C22H24N4O3S/c1-29-17-4-2-3-16(13-17)26-21(28)19-18(9-12-30-19)24-22(26)25-10-7-14(8-11-25)20(27)23-15-5-6-15/h2-4,9,12-15H,5-8,10-11H2,1H3,(H,23,27). The second-order valence-corrected chi connectivity index (χ2v) is 8.85. The number of anilines is 1. The average Bonchev–Trinajstić information content (AvgIpc) is 3.46. The van der Waals surface area contributed by atoms with Crippen LogP contribution in [0.2, 0.25) is 0 Å². The van der Waals surface area contributed by atoms with Crippen molar-refractivity contribution in [2.45, 2.75) is 31.7 Å². The zero-order chi connectivity index (χ0) is 20.7. The summed E-state index contributed by atoms with van der Waals surface area (Å²) in [6.07, 6.45) is 3.71. The van der Waals surface area contributed by atoms with E-state index >= 15 is 0 Å². The van der Waals surface area contributed by atoms with Gasteiger partial charge < -0.3 is 15.0 Å². The van der Waals surface area contributed by atoms with Gasteiger partial charge in [-0.15, -0.1) is 11.3 Å². The summed E-state index contributed by atoms with van der Waals surface area (Å²) in [5.41, 5.74) is 1.37. The van der Waals surface area contributed by atoms with Gasteiger partial charge in [-0.2, -0.15) is 0 Å². The third kappa shape index (κ3) is 3.56. The molecular weight excluding hydrogens is 400 g/mol. The molecule has 30 heavy (non-hydrogen) atoms. The van der Waals surface area contributed by atoms with Crippen molar-refractivity contribution < 1.29 is 9.53 Å². The summed E-state index contributed by atoms with van der Waals surface area (Å²) in [6, 6.07) is 9.74. The molecule has 1 amide bonds. The van der Waals surface area contributed by atoms with Gasteiger partial charge in [-0.05, 0) is 49.3 Å². The van der Waals surface area contributed by atoms with Crippen molar-refractivity contribution in [3.05, 3.63) is 46.1 Å². The number of carbonyl (C=O) groups excluding carboxylic acids is 1. The van der Waals surface area contributed by atoms with Gasteiger partial charge in [-0.3, -0.25) is 9.59 Å². The van der Waals surface area contributed by atoms with E-state index in [4.69, 9.17) is 9.72 Å². The van der Waals surface area contributed by atoms with E-state index in [1.807, 2.05) is 35.7 Å². The maximum Gasteiger partial charge on any atom is 0.277 e. The summed E-state index contributed by atoms with van der Waals surface area (Å²) in [5, 5.41) is 5.01. The van der Waals surface area contributed by atoms with Gasteiger partial charge in [0.25, 0.3) is 5.56 Å². The average molecular weight is 425 g/mol. The molecule has 1 saturated heterocycles. The van der Waals surface area contributed by atoms with Crippen molar-refractivity contribution in [2.24, 2.45) is 5.92 Å². The highest BCUT2D eigenvalue weighted by atomic mass is 32.1. The van der Waals surface area contributed by atoms with Crippen LogP contribution in [0.3, 0.4) is 0 Å². The molecule has 5 rings (SSSR count). The lowest BCUT2D eigenvalue weighted by Crippen LogP contribution is -2.43. The second-order valence-electron chi connectivity index (χ2n) is 7.93. The lowest BCUT2D eigenvalue weighted by molar-refractivity contribution is -0.125. The van der Waals surface area contributed by atoms with Crippen molar-refractivity contribution in [2.75, 3.05) is 25.1 Å². The van der Waals surface area contributed by atoms with Gasteiger partial charge in [-0.25, -0.2) is 9.55 Å². The maximum absolute atomic E-state index is 13.4. The molecule has 8 heteroatoms. The Labute approximate surface area is 178 Å². The van der Waals surface area contributed by atoms with Crippen LogP contribution in [-0.4, -0.2) is 41.7 Å². The lowest BCUT2D eigenvalue weighted by Gasteiger charge is -2.33. The van der Waals surface area contributed by atoms with Crippen molar-refractivity contribution in [1.82, 2.24) is 14.9 Å². The SMILES string of the molecule is COc1cccc(-n2c(N3CCC(C(=O)NC4CC4)CC3)nc3ccsc3c2=O)c1. The smallest absolute Gasteiger partial charge is 0.277 e. The molecule has 1 aliphatic heterocycles. The van der Waals surface area contributed by atoms with Crippen LogP contribution in [0.4, 0.5) is 5.95 Å². The molecule has 3 aromatic rings. The van der Waals surface area contributed by atoms with Crippen LogP contribution in [0.15, 0.2) is 40.5 Å². The fourth-order valence-electron chi connectivity index (χ4n) is 3.98. The Hall–Kier alpha value is -2.87. The molecule has 1 aromatic carbocycles. The molecule has 2 aromatic heterocycles. The molecule has 2 fully saturated rings. The Morgan fingerprint density at radius 2 is 2.00 bits per heavy atom. The topological polar surface area (TPSA) is 76.5 Å². The number of nitrogens with zero attached hydrogens (tertiary/aromatic N) is 3. The summed E-state index contributed by atoms with van der Waals surface area (Å²) in [7, 11) is 1.61. The van der Waals surface area contributed by atoms with Gasteiger partial charge in [0.2, 0.25) is 11.9 Å². The highest BCUT2D eigenvalue weighted by Crippen LogP contribution is 2.28. The first-order valence-corrected chi connectivity index (χ1v) is 11.2. The molecular formula is C22H24N4O3S. The summed E-state index contributed by atoms with van der Waals surface area (Å²) in [6.45, 7) is 1.38. The summed E-state index contributed by atoms with van der Waals surface area (Å²) >= 11 is 1.41. The largest absolute Gasteiger partial charge is 0.497 e. The Bertz CT molecular complexity index is 1140. The molecule has 156 valence electrons. The molecule has 2 aliphatic rings. The van der Waals surface area contributed by atoms with Crippen molar-refractivity contribution >= 4 is 33.4 Å². The van der Waals surface area contributed by atoms with Crippen LogP contribution in [0.1, 0.15) is 25.7 Å². The van der Waals surface area contributed by atoms with Crippen LogP contribution in [0, 0.1) is 5.92 Å². The highest BCUT2D eigenvalue weighted by Gasteiger charge is 2.31. The summed E-state index contributed by atoms with van der Waals surface area (Å²) in [4.78, 5) is 32.7. The first kappa shape index (κ1) is 19.1. The number of amides is 1. The van der Waals surface area contributed by atoms with Crippen LogP contribution >= 0.6 is 11.3 Å². The molecule has 3 heterocycles. The third-order valence-corrected chi connectivity index (χ3v) is 6.74. The fourth-order valence-corrected chi connectivity index (χ4v) is 4.74. The van der Waals surface area contributed by atoms with E-state index in [0.29, 0.717) is 41.0 Å². The minimum atomic E-state index is -0.0770. The van der Waals surface area contributed by atoms with Crippen molar-refractivity contribution in [3.8, 4) is 11.4 Å². The van der Waals surface area contributed by atoms with E-state index in [0.717, 1.165) is 31.4 Å². The number of hydrogen-bond acceptors (Lipinski definition) is 6. The van der Waals surface area contributed by atoms with E-state index in [1.54, 1.807) is 11.7 Å². The third-order valence-electron chi connectivity index (χ3n) is 5.85. The monoisotopic (exact) mass is 424 g/mol. The van der Waals surface area contributed by atoms with E-state index in [2.05, 4.69) is 10.2 Å². The molecule has 0 radical (unpaired) electrons. The number of thiophene rings is 1. The van der Waals surface area contributed by atoms with E-state index in [-0.39, 0.29) is 17.4 Å². The zero-order valence-corrected chi connectivity index (χ0v) is 17.7. The Morgan fingerprint density at radius 3 is 2.73 bits per heavy atom. The Morgan fingerprint density at radius 1 is 1.20 bits per heavy atom. The van der Waals surface area contributed by atoms with Crippen molar-refractivity contribution in [3.63, 3.8) is 0 Å². The van der Waals surface area contributed by atoms with Gasteiger partial charge in [0.05, 0.1) is 18.3 Å². The predicted molar refractivity (Wildman–Crippen MR) is 118 cm³/mol. The molecule has 0 unspecified atom stereocenters. The minimum absolute atomic E-state index is 0.0312. The normalized spacial score (nSPS) is 17.3. The fraction of sp³-hybridized carbons (Fsp3) is 0.409. The number of nitrogens with one attached hydrogen (secondary N) is 1. The predicted octanol–water partition coefficient (Wildman–Crippen LogP) is 2.95. The first-order valence-electron chi connectivity index (χ1n) is 10.3. The van der Waals surface area contributed by atoms with E-state index in [1.165, 1.54) is 11.3 Å². The van der Waals surface area contributed by atoms with E-state index in [9.17, 15) is 9.59 Å². The molecule has 1 saturated carbocycles. The first-order chi connectivity index (χ1) is 14.6. The maximum atomic E-state index is 13.4. The van der Waals surface area contributed by atoms with Crippen LogP contribution in [0.25, 0.3) is 15.9 Å². The summed E-state index contributed by atoms with van der Waals surface area (Å²) < 4.78 is 7.67. The number of hydrogen-bond donors (Lipinski definition) is 1. The number of carbonyl (C=O) groups is 1. The Balaban J connectivity index is 1.49. The quantitative estimate of drug-likeness (QED) is 0.682. The molecule has 1 N–H and O–H groups in total. The molecule has 0 bridgehead atoms. The Kier molecular flexibility index (Phi) is 4.94. The molecule has 1 aliphatic carbocycles. The number of rotatable bonds is 5. The minimum Gasteiger partial charge on any atom is -0.497 e. The molecule has 7 nitrogen and oxygen atoms in total. The summed E-state index contributed by atoms with van der Waals surface area (Å²) in [5.74, 6) is 1.51. The van der Waals surface area contributed by atoms with Crippen LogP contribution < -0.4 is 20.5 Å². The van der Waals surface area contributed by atoms with Gasteiger partial charge in [0.1, 0.15) is 10.4 Å². The molecule has 0 spiro atoms. The highest BCUT2D eigenvalue weighted by molar-refractivity contribution is 7.17. The van der Waals surface area contributed by atoms with Crippen LogP contribution in [0.5, 0.6) is 5.75 Å².